The Morgan fingerprint density at radius 2 is 1.40 bits per heavy atom. The molecule has 0 N–H and O–H groups in total. The summed E-state index contributed by atoms with van der Waals surface area (Å²) in [5, 5.41) is 8.36. The van der Waals surface area contributed by atoms with Crippen LogP contribution >= 0.6 is 23.5 Å². The molecule has 2 aromatic heterocycles. The van der Waals surface area contributed by atoms with Crippen molar-refractivity contribution < 1.29 is 4.63 Å². The van der Waals surface area contributed by atoms with Crippen LogP contribution in [0.5, 0.6) is 0 Å². The van der Waals surface area contributed by atoms with Crippen LogP contribution in [0.4, 0.5) is 0 Å². The van der Waals surface area contributed by atoms with Crippen molar-refractivity contribution in [2.24, 2.45) is 0 Å². The van der Waals surface area contributed by atoms with Crippen molar-refractivity contribution in [2.45, 2.75) is 70.1 Å². The van der Waals surface area contributed by atoms with E-state index in [1.54, 1.807) is 0 Å². The summed E-state index contributed by atoms with van der Waals surface area (Å²) in [7, 11) is 0. The molecule has 2 heterocycles. The number of benzene rings is 2. The molecule has 1 atom stereocenters. The molecule has 0 amide bonds. The quantitative estimate of drug-likeness (QED) is 0.214. The molecule has 4 aromatic rings. The van der Waals surface area contributed by atoms with Crippen molar-refractivity contribution in [1.82, 2.24) is 19.1 Å². The molecular formula is C23H28N4OS2. The molecule has 4 rings (SSSR count). The molecular weight excluding hydrogens is 412 g/mol. The van der Waals surface area contributed by atoms with Crippen LogP contribution in [0.1, 0.15) is 81.9 Å². The van der Waals surface area contributed by atoms with Gasteiger partial charge in [-0.25, -0.2) is 4.63 Å². The molecule has 158 valence electrons. The summed E-state index contributed by atoms with van der Waals surface area (Å²) in [6.07, 6.45) is 2.22. The van der Waals surface area contributed by atoms with Crippen molar-refractivity contribution in [3.63, 3.8) is 0 Å². The first kappa shape index (κ1) is 21.2. The third-order valence-electron chi connectivity index (χ3n) is 5.70. The van der Waals surface area contributed by atoms with E-state index in [0.717, 1.165) is 40.7 Å². The maximum Gasteiger partial charge on any atom is 0.138 e. The van der Waals surface area contributed by atoms with Crippen molar-refractivity contribution in [3.05, 3.63) is 41.0 Å². The van der Waals surface area contributed by atoms with Crippen molar-refractivity contribution in [1.29, 1.82) is 0 Å². The minimum Gasteiger partial charge on any atom is -0.243 e. The van der Waals surface area contributed by atoms with Crippen LogP contribution in [0.15, 0.2) is 33.8 Å². The summed E-state index contributed by atoms with van der Waals surface area (Å²) in [6.45, 7) is 11.0. The van der Waals surface area contributed by atoms with E-state index in [4.69, 9.17) is 4.63 Å². The highest BCUT2D eigenvalue weighted by Gasteiger charge is 2.18. The SMILES string of the molecule is CC(C)c1ccc(SCCCC(C)c2ccc(C(C)C)c3nonc23)c2nsnc12. The monoisotopic (exact) mass is 440 g/mol. The smallest absolute Gasteiger partial charge is 0.138 e. The van der Waals surface area contributed by atoms with Gasteiger partial charge in [-0.15, -0.1) is 11.8 Å². The molecule has 0 aliphatic carbocycles. The van der Waals surface area contributed by atoms with Gasteiger partial charge in [-0.2, -0.15) is 8.75 Å². The van der Waals surface area contributed by atoms with Gasteiger partial charge in [0.05, 0.1) is 11.7 Å². The summed E-state index contributed by atoms with van der Waals surface area (Å²) in [5.74, 6) is 2.33. The van der Waals surface area contributed by atoms with E-state index >= 15 is 0 Å². The molecule has 5 nitrogen and oxygen atoms in total. The highest BCUT2D eigenvalue weighted by Crippen LogP contribution is 2.34. The Bertz CT molecular complexity index is 1150. The number of hydrogen-bond donors (Lipinski definition) is 0. The zero-order chi connectivity index (χ0) is 21.3. The lowest BCUT2D eigenvalue weighted by molar-refractivity contribution is 0.315. The third kappa shape index (κ3) is 4.10. The number of hydrogen-bond acceptors (Lipinski definition) is 7. The highest BCUT2D eigenvalue weighted by atomic mass is 32.2. The van der Waals surface area contributed by atoms with E-state index in [1.807, 2.05) is 11.8 Å². The Balaban J connectivity index is 1.41. The average Bonchev–Trinajstić information content (AvgIpc) is 3.39. The molecule has 0 aliphatic heterocycles. The predicted octanol–water partition coefficient (Wildman–Crippen LogP) is 7.15. The molecule has 0 spiro atoms. The van der Waals surface area contributed by atoms with Gasteiger partial charge < -0.3 is 0 Å². The molecule has 0 saturated heterocycles. The molecule has 7 heteroatoms. The van der Waals surface area contributed by atoms with E-state index in [1.165, 1.54) is 33.3 Å². The lowest BCUT2D eigenvalue weighted by atomic mass is 9.91. The van der Waals surface area contributed by atoms with Crippen LogP contribution in [0, 0.1) is 0 Å². The van der Waals surface area contributed by atoms with E-state index < -0.39 is 0 Å². The number of rotatable bonds is 8. The lowest BCUT2D eigenvalue weighted by Gasteiger charge is -2.14. The summed E-state index contributed by atoms with van der Waals surface area (Å²) in [5.41, 5.74) is 7.67. The van der Waals surface area contributed by atoms with Crippen molar-refractivity contribution in [3.8, 4) is 0 Å². The van der Waals surface area contributed by atoms with Gasteiger partial charge in [0.1, 0.15) is 22.1 Å². The molecule has 0 aliphatic rings. The molecule has 0 fully saturated rings. The molecule has 0 radical (unpaired) electrons. The lowest BCUT2D eigenvalue weighted by Crippen LogP contribution is -1.99. The van der Waals surface area contributed by atoms with Crippen LogP contribution < -0.4 is 0 Å². The average molecular weight is 441 g/mol. The van der Waals surface area contributed by atoms with Gasteiger partial charge in [-0.1, -0.05) is 52.8 Å². The summed E-state index contributed by atoms with van der Waals surface area (Å²) >= 11 is 3.19. The normalized spacial score (nSPS) is 13.2. The Labute approximate surface area is 185 Å². The van der Waals surface area contributed by atoms with E-state index in [9.17, 15) is 0 Å². The molecule has 0 saturated carbocycles. The first-order valence-corrected chi connectivity index (χ1v) is 12.3. The minimum absolute atomic E-state index is 0.402. The van der Waals surface area contributed by atoms with Crippen LogP contribution in [0.2, 0.25) is 0 Å². The minimum atomic E-state index is 0.402. The first-order chi connectivity index (χ1) is 14.5. The topological polar surface area (TPSA) is 64.7 Å². The van der Waals surface area contributed by atoms with E-state index in [2.05, 4.69) is 77.9 Å². The van der Waals surface area contributed by atoms with Crippen LogP contribution in [-0.2, 0) is 0 Å². The zero-order valence-electron chi connectivity index (χ0n) is 18.2. The largest absolute Gasteiger partial charge is 0.243 e. The maximum absolute atomic E-state index is 5.07. The van der Waals surface area contributed by atoms with Gasteiger partial charge in [0.25, 0.3) is 0 Å². The first-order valence-electron chi connectivity index (χ1n) is 10.6. The highest BCUT2D eigenvalue weighted by molar-refractivity contribution is 7.99. The number of aromatic nitrogens is 4. The second-order valence-electron chi connectivity index (χ2n) is 8.52. The second kappa shape index (κ2) is 9.02. The number of nitrogens with zero attached hydrogens (tertiary/aromatic N) is 4. The van der Waals surface area contributed by atoms with Crippen LogP contribution in [-0.4, -0.2) is 24.8 Å². The molecule has 2 aromatic carbocycles. The molecule has 30 heavy (non-hydrogen) atoms. The summed E-state index contributed by atoms with van der Waals surface area (Å²) in [4.78, 5) is 1.24. The third-order valence-corrected chi connectivity index (χ3v) is 7.36. The van der Waals surface area contributed by atoms with E-state index in [0.29, 0.717) is 17.8 Å². The van der Waals surface area contributed by atoms with Gasteiger partial charge in [0.2, 0.25) is 0 Å². The molecule has 1 unspecified atom stereocenters. The van der Waals surface area contributed by atoms with Gasteiger partial charge in [-0.05, 0) is 69.4 Å². The van der Waals surface area contributed by atoms with Crippen molar-refractivity contribution in [2.75, 3.05) is 5.75 Å². The zero-order valence-corrected chi connectivity index (χ0v) is 19.8. The number of fused-ring (bicyclic) bond motifs is 2. The maximum atomic E-state index is 5.07. The van der Waals surface area contributed by atoms with Gasteiger partial charge >= 0.3 is 0 Å². The summed E-state index contributed by atoms with van der Waals surface area (Å²) in [6, 6.07) is 8.81. The Morgan fingerprint density at radius 1 is 0.800 bits per heavy atom. The van der Waals surface area contributed by atoms with E-state index in [-0.39, 0.29) is 0 Å². The Hall–Kier alpha value is -1.99. The Kier molecular flexibility index (Phi) is 6.39. The van der Waals surface area contributed by atoms with Crippen LogP contribution in [0.3, 0.4) is 0 Å². The van der Waals surface area contributed by atoms with Gasteiger partial charge in [0, 0.05) is 4.90 Å². The van der Waals surface area contributed by atoms with Crippen molar-refractivity contribution >= 4 is 45.6 Å². The predicted molar refractivity (Wildman–Crippen MR) is 126 cm³/mol. The standard InChI is InChI=1S/C23H28N4OS2/c1-13(2)16-8-9-18(21-20(16)24-28-25-21)15(5)7-6-12-29-19-11-10-17(14(3)4)22-23(19)27-30-26-22/h8-11,13-15H,6-7,12H2,1-5H3. The van der Waals surface area contributed by atoms with Crippen LogP contribution in [0.25, 0.3) is 22.1 Å². The summed E-state index contributed by atoms with van der Waals surface area (Å²) < 4.78 is 14.2. The molecule has 0 bridgehead atoms. The second-order valence-corrected chi connectivity index (χ2v) is 10.2. The van der Waals surface area contributed by atoms with Gasteiger partial charge in [-0.3, -0.25) is 0 Å². The fourth-order valence-electron chi connectivity index (χ4n) is 3.94. The van der Waals surface area contributed by atoms with Gasteiger partial charge in [0.15, 0.2) is 0 Å². The fourth-order valence-corrected chi connectivity index (χ4v) is 5.55. The fraction of sp³-hybridized carbons (Fsp3) is 0.478. The number of thioether (sulfide) groups is 1. The Morgan fingerprint density at radius 3 is 2.13 bits per heavy atom.